The summed E-state index contributed by atoms with van der Waals surface area (Å²) >= 11 is 0. The van der Waals surface area contributed by atoms with Crippen LogP contribution in [0.2, 0.25) is 0 Å². The maximum atomic E-state index is 12.6. The Morgan fingerprint density at radius 3 is 2.78 bits per heavy atom. The fourth-order valence-corrected chi connectivity index (χ4v) is 4.58. The fourth-order valence-electron chi connectivity index (χ4n) is 4.58. The van der Waals surface area contributed by atoms with Gasteiger partial charge < -0.3 is 25.0 Å². The largest absolute Gasteiger partial charge is 0.390 e. The highest BCUT2D eigenvalue weighted by Gasteiger charge is 2.58. The first kappa shape index (κ1) is 18.8. The number of nitrogens with one attached hydrogen (secondary N) is 1. The lowest BCUT2D eigenvalue weighted by atomic mass is 9.79. The third kappa shape index (κ3) is 3.87. The Morgan fingerprint density at radius 2 is 2.04 bits per heavy atom. The Kier molecular flexibility index (Phi) is 5.20. The Labute approximate surface area is 159 Å². The van der Waals surface area contributed by atoms with Gasteiger partial charge in [0.1, 0.15) is 11.7 Å². The molecule has 0 unspecified atom stereocenters. The molecular weight excluding hydrogens is 348 g/mol. The van der Waals surface area contributed by atoms with Crippen molar-refractivity contribution in [3.8, 4) is 0 Å². The van der Waals surface area contributed by atoms with Crippen LogP contribution in [-0.2, 0) is 20.7 Å². The van der Waals surface area contributed by atoms with Crippen LogP contribution in [-0.4, -0.2) is 57.3 Å². The van der Waals surface area contributed by atoms with Crippen molar-refractivity contribution in [2.75, 3.05) is 6.54 Å². The molecule has 148 valence electrons. The first-order valence-electron chi connectivity index (χ1n) is 9.94. The molecule has 2 saturated carbocycles. The highest BCUT2D eigenvalue weighted by Crippen LogP contribution is 2.46. The first-order chi connectivity index (χ1) is 13.0. The number of hydrogen-bond acceptors (Lipinski definition) is 6. The molecule has 2 heterocycles. The zero-order chi connectivity index (χ0) is 18.9. The van der Waals surface area contributed by atoms with Crippen molar-refractivity contribution in [1.29, 1.82) is 0 Å². The molecule has 3 aliphatic rings. The maximum Gasteiger partial charge on any atom is 0.252 e. The zero-order valence-electron chi connectivity index (χ0n) is 15.5. The molecule has 3 fully saturated rings. The molecule has 1 aromatic heterocycles. The summed E-state index contributed by atoms with van der Waals surface area (Å²) in [4.78, 5) is 16.8. The van der Waals surface area contributed by atoms with Crippen LogP contribution in [0.4, 0.5) is 0 Å². The van der Waals surface area contributed by atoms with E-state index in [-0.39, 0.29) is 12.8 Å². The minimum Gasteiger partial charge on any atom is -0.390 e. The average molecular weight is 376 g/mol. The summed E-state index contributed by atoms with van der Waals surface area (Å²) in [5.41, 5.74) is -0.769. The molecule has 1 amide bonds. The van der Waals surface area contributed by atoms with Crippen molar-refractivity contribution >= 4 is 5.91 Å². The van der Waals surface area contributed by atoms with E-state index in [4.69, 9.17) is 9.47 Å². The minimum absolute atomic E-state index is 0.0387. The SMILES string of the molecule is O=C(NCCc1ccccn1)[C@@]1(O)C[C@@H](O)[C@@H]2OC3(CCCCC3)O[C@@H]2C1. The van der Waals surface area contributed by atoms with Crippen molar-refractivity contribution in [2.24, 2.45) is 0 Å². The summed E-state index contributed by atoms with van der Waals surface area (Å²) in [6, 6.07) is 5.63. The molecule has 1 saturated heterocycles. The number of amides is 1. The summed E-state index contributed by atoms with van der Waals surface area (Å²) in [5.74, 6) is -1.11. The first-order valence-corrected chi connectivity index (χ1v) is 9.94. The van der Waals surface area contributed by atoms with Gasteiger partial charge in [-0.15, -0.1) is 0 Å². The van der Waals surface area contributed by atoms with E-state index in [9.17, 15) is 15.0 Å². The highest BCUT2D eigenvalue weighted by molar-refractivity contribution is 5.85. The van der Waals surface area contributed by atoms with E-state index in [1.54, 1.807) is 6.20 Å². The zero-order valence-corrected chi connectivity index (χ0v) is 15.5. The number of fused-ring (bicyclic) bond motifs is 1. The molecule has 1 spiro atoms. The van der Waals surface area contributed by atoms with Gasteiger partial charge in [-0.1, -0.05) is 12.5 Å². The van der Waals surface area contributed by atoms with E-state index in [2.05, 4.69) is 10.3 Å². The van der Waals surface area contributed by atoms with E-state index in [0.29, 0.717) is 13.0 Å². The van der Waals surface area contributed by atoms with Crippen LogP contribution >= 0.6 is 0 Å². The fraction of sp³-hybridized carbons (Fsp3) is 0.700. The molecule has 4 rings (SSSR count). The second-order valence-electron chi connectivity index (χ2n) is 8.04. The number of ether oxygens (including phenoxy) is 2. The second kappa shape index (κ2) is 7.47. The van der Waals surface area contributed by atoms with Gasteiger partial charge >= 0.3 is 0 Å². The summed E-state index contributed by atoms with van der Waals surface area (Å²) in [7, 11) is 0. The number of carbonyl (C=O) groups is 1. The summed E-state index contributed by atoms with van der Waals surface area (Å²) < 4.78 is 12.2. The molecule has 0 bridgehead atoms. The van der Waals surface area contributed by atoms with Crippen molar-refractivity contribution in [3.63, 3.8) is 0 Å². The molecule has 0 radical (unpaired) electrons. The van der Waals surface area contributed by atoms with Crippen LogP contribution in [0.5, 0.6) is 0 Å². The lowest BCUT2D eigenvalue weighted by Crippen LogP contribution is -2.58. The molecule has 27 heavy (non-hydrogen) atoms. The predicted molar refractivity (Wildman–Crippen MR) is 96.7 cm³/mol. The van der Waals surface area contributed by atoms with E-state index in [0.717, 1.165) is 37.8 Å². The smallest absolute Gasteiger partial charge is 0.252 e. The van der Waals surface area contributed by atoms with Crippen LogP contribution < -0.4 is 5.32 Å². The predicted octanol–water partition coefficient (Wildman–Crippen LogP) is 1.07. The van der Waals surface area contributed by atoms with Gasteiger partial charge in [-0.2, -0.15) is 0 Å². The van der Waals surface area contributed by atoms with E-state index >= 15 is 0 Å². The van der Waals surface area contributed by atoms with Crippen molar-refractivity contribution < 1.29 is 24.5 Å². The van der Waals surface area contributed by atoms with Crippen LogP contribution in [0, 0.1) is 0 Å². The van der Waals surface area contributed by atoms with Crippen molar-refractivity contribution in [1.82, 2.24) is 10.3 Å². The molecule has 0 aromatic carbocycles. The van der Waals surface area contributed by atoms with E-state index < -0.39 is 35.6 Å². The monoisotopic (exact) mass is 376 g/mol. The Morgan fingerprint density at radius 1 is 1.22 bits per heavy atom. The second-order valence-corrected chi connectivity index (χ2v) is 8.04. The highest BCUT2D eigenvalue weighted by atomic mass is 16.8. The molecular formula is C20H28N2O5. The topological polar surface area (TPSA) is 101 Å². The molecule has 3 N–H and O–H groups in total. The van der Waals surface area contributed by atoms with E-state index in [1.807, 2.05) is 18.2 Å². The summed E-state index contributed by atoms with van der Waals surface area (Å²) in [6.07, 6.45) is 5.40. The van der Waals surface area contributed by atoms with Crippen LogP contribution in [0.1, 0.15) is 50.6 Å². The standard InChI is InChI=1S/C20H28N2O5/c23-15-12-19(25,18(24)22-11-7-14-6-2-5-10-21-14)13-16-17(15)27-20(26-16)8-3-1-4-9-20/h2,5-6,10,15-17,23,25H,1,3-4,7-9,11-13H2,(H,22,24)/t15-,16-,17+,19-/m1/s1. The van der Waals surface area contributed by atoms with Crippen LogP contribution in [0.3, 0.4) is 0 Å². The van der Waals surface area contributed by atoms with Crippen molar-refractivity contribution in [2.45, 2.75) is 81.1 Å². The van der Waals surface area contributed by atoms with Gasteiger partial charge in [-0.25, -0.2) is 0 Å². The Hall–Kier alpha value is -1.54. The Balaban J connectivity index is 1.36. The van der Waals surface area contributed by atoms with Gasteiger partial charge in [-0.05, 0) is 25.0 Å². The number of rotatable bonds is 4. The van der Waals surface area contributed by atoms with Gasteiger partial charge in [0.25, 0.3) is 5.91 Å². The molecule has 7 nitrogen and oxygen atoms in total. The van der Waals surface area contributed by atoms with Gasteiger partial charge in [0, 0.05) is 50.5 Å². The van der Waals surface area contributed by atoms with Gasteiger partial charge in [0.2, 0.25) is 0 Å². The number of pyridine rings is 1. The quantitative estimate of drug-likeness (QED) is 0.727. The molecule has 4 atom stereocenters. The van der Waals surface area contributed by atoms with Gasteiger partial charge in [0.15, 0.2) is 5.79 Å². The number of aliphatic hydroxyl groups is 2. The van der Waals surface area contributed by atoms with Crippen molar-refractivity contribution in [3.05, 3.63) is 30.1 Å². The van der Waals surface area contributed by atoms with E-state index in [1.165, 1.54) is 0 Å². The molecule has 7 heteroatoms. The average Bonchev–Trinajstić information content (AvgIpc) is 3.00. The van der Waals surface area contributed by atoms with Crippen LogP contribution in [0.25, 0.3) is 0 Å². The molecule has 1 aromatic rings. The maximum absolute atomic E-state index is 12.6. The minimum atomic E-state index is -1.64. The number of aromatic nitrogens is 1. The summed E-state index contributed by atoms with van der Waals surface area (Å²) in [5, 5.41) is 24.2. The molecule has 2 aliphatic carbocycles. The lowest BCUT2D eigenvalue weighted by molar-refractivity contribution is -0.198. The third-order valence-corrected chi connectivity index (χ3v) is 5.98. The number of hydrogen-bond donors (Lipinski definition) is 3. The summed E-state index contributed by atoms with van der Waals surface area (Å²) in [6.45, 7) is 0.379. The number of nitrogens with zero attached hydrogens (tertiary/aromatic N) is 1. The van der Waals surface area contributed by atoms with Gasteiger partial charge in [0.05, 0.1) is 12.2 Å². The normalized spacial score (nSPS) is 35.0. The van der Waals surface area contributed by atoms with Crippen LogP contribution in [0.15, 0.2) is 24.4 Å². The van der Waals surface area contributed by atoms with Gasteiger partial charge in [-0.3, -0.25) is 9.78 Å². The third-order valence-electron chi connectivity index (χ3n) is 5.98. The molecule has 1 aliphatic heterocycles. The Bertz CT molecular complexity index is 664. The number of carbonyl (C=O) groups excluding carboxylic acids is 1. The number of aliphatic hydroxyl groups excluding tert-OH is 1. The lowest BCUT2D eigenvalue weighted by Gasteiger charge is -2.38.